The van der Waals surface area contributed by atoms with Crippen LogP contribution in [0.4, 0.5) is 11.4 Å². The van der Waals surface area contributed by atoms with E-state index in [0.717, 1.165) is 0 Å². The zero-order valence-electron chi connectivity index (χ0n) is 13.1. The van der Waals surface area contributed by atoms with Gasteiger partial charge in [-0.25, -0.2) is 0 Å². The molecule has 0 atom stereocenters. The van der Waals surface area contributed by atoms with E-state index in [1.54, 1.807) is 38.1 Å². The molecule has 0 radical (unpaired) electrons. The fourth-order valence-corrected chi connectivity index (χ4v) is 2.23. The summed E-state index contributed by atoms with van der Waals surface area (Å²) in [6.07, 6.45) is 0.726. The van der Waals surface area contributed by atoms with Crippen molar-refractivity contribution in [3.05, 3.63) is 24.3 Å². The lowest BCUT2D eigenvalue weighted by molar-refractivity contribution is -0.151. The molecule has 0 saturated carbocycles. The molecule has 1 aromatic rings. The van der Waals surface area contributed by atoms with E-state index in [9.17, 15) is 19.5 Å². The highest BCUT2D eigenvalue weighted by Crippen LogP contribution is 2.31. The number of nitrogens with one attached hydrogen (secondary N) is 2. The van der Waals surface area contributed by atoms with Crippen molar-refractivity contribution < 1.29 is 19.5 Å². The molecular weight excluding hydrogens is 284 g/mol. The number of hydrogen-bond acceptors (Lipinski definition) is 3. The molecule has 0 fully saturated rings. The van der Waals surface area contributed by atoms with Gasteiger partial charge in [-0.2, -0.15) is 0 Å². The number of carboxylic acids is 1. The highest BCUT2D eigenvalue weighted by Gasteiger charge is 2.37. The predicted molar refractivity (Wildman–Crippen MR) is 84.6 cm³/mol. The molecule has 0 spiro atoms. The summed E-state index contributed by atoms with van der Waals surface area (Å²) < 4.78 is 0. The van der Waals surface area contributed by atoms with E-state index in [4.69, 9.17) is 0 Å². The van der Waals surface area contributed by atoms with Crippen LogP contribution in [-0.2, 0) is 14.4 Å². The van der Waals surface area contributed by atoms with Crippen LogP contribution < -0.4 is 10.6 Å². The van der Waals surface area contributed by atoms with Crippen molar-refractivity contribution in [1.82, 2.24) is 0 Å². The Hall–Kier alpha value is -2.37. The predicted octanol–water partition coefficient (Wildman–Crippen LogP) is 2.86. The molecule has 22 heavy (non-hydrogen) atoms. The van der Waals surface area contributed by atoms with Crippen molar-refractivity contribution in [3.8, 4) is 0 Å². The number of aliphatic carboxylic acids is 1. The first-order chi connectivity index (χ1) is 10.3. The highest BCUT2D eigenvalue weighted by molar-refractivity contribution is 5.95. The number of anilines is 2. The van der Waals surface area contributed by atoms with Gasteiger partial charge in [-0.15, -0.1) is 0 Å². The summed E-state index contributed by atoms with van der Waals surface area (Å²) in [5, 5.41) is 14.7. The van der Waals surface area contributed by atoms with Gasteiger partial charge in [-0.1, -0.05) is 13.8 Å². The first kappa shape index (κ1) is 17.7. The molecule has 6 nitrogen and oxygen atoms in total. The molecule has 120 valence electrons. The molecule has 0 saturated heterocycles. The lowest BCUT2D eigenvalue weighted by atomic mass is 9.79. The molecule has 6 heteroatoms. The molecule has 0 bridgehead atoms. The minimum absolute atomic E-state index is 0.0667. The molecule has 0 aliphatic carbocycles. The van der Waals surface area contributed by atoms with Crippen LogP contribution in [0.15, 0.2) is 24.3 Å². The van der Waals surface area contributed by atoms with E-state index in [-0.39, 0.29) is 18.2 Å². The Morgan fingerprint density at radius 1 is 1.00 bits per heavy atom. The topological polar surface area (TPSA) is 95.5 Å². The number of rotatable bonds is 7. The van der Waals surface area contributed by atoms with Crippen LogP contribution in [-0.4, -0.2) is 22.9 Å². The fraction of sp³-hybridized carbons (Fsp3) is 0.438. The van der Waals surface area contributed by atoms with Gasteiger partial charge in [-0.05, 0) is 37.1 Å². The van der Waals surface area contributed by atoms with Crippen LogP contribution >= 0.6 is 0 Å². The Kier molecular flexibility index (Phi) is 6.10. The van der Waals surface area contributed by atoms with Crippen molar-refractivity contribution in [2.75, 3.05) is 10.6 Å². The minimum Gasteiger partial charge on any atom is -0.481 e. The monoisotopic (exact) mass is 306 g/mol. The molecule has 1 aromatic carbocycles. The number of carbonyl (C=O) groups is 3. The number of benzene rings is 1. The van der Waals surface area contributed by atoms with E-state index in [0.29, 0.717) is 24.2 Å². The summed E-state index contributed by atoms with van der Waals surface area (Å²) in [5.74, 6) is -1.46. The first-order valence-electron chi connectivity index (χ1n) is 7.24. The largest absolute Gasteiger partial charge is 0.481 e. The van der Waals surface area contributed by atoms with Crippen LogP contribution in [0.5, 0.6) is 0 Å². The van der Waals surface area contributed by atoms with E-state index in [1.165, 1.54) is 6.92 Å². The maximum atomic E-state index is 12.1. The van der Waals surface area contributed by atoms with Crippen molar-refractivity contribution in [2.24, 2.45) is 5.41 Å². The van der Waals surface area contributed by atoms with Crippen LogP contribution in [0, 0.1) is 5.41 Å². The SMILES string of the molecule is CCC(CC)(CC(=O)Nc1ccc(NC(C)=O)cc1)C(=O)O. The summed E-state index contributed by atoms with van der Waals surface area (Å²) in [6, 6.07) is 6.65. The van der Waals surface area contributed by atoms with Gasteiger partial charge >= 0.3 is 5.97 Å². The summed E-state index contributed by atoms with van der Waals surface area (Å²) in [6.45, 7) is 4.96. The molecule has 0 heterocycles. The van der Waals surface area contributed by atoms with Crippen molar-refractivity contribution in [1.29, 1.82) is 0 Å². The fourth-order valence-electron chi connectivity index (χ4n) is 2.23. The Labute approximate surface area is 129 Å². The molecule has 0 aliphatic rings. The number of amides is 2. The highest BCUT2D eigenvalue weighted by atomic mass is 16.4. The Bertz CT molecular complexity index is 548. The summed E-state index contributed by atoms with van der Waals surface area (Å²) in [7, 11) is 0. The smallest absolute Gasteiger partial charge is 0.310 e. The Morgan fingerprint density at radius 2 is 1.45 bits per heavy atom. The lowest BCUT2D eigenvalue weighted by Gasteiger charge is -2.25. The minimum atomic E-state index is -1.03. The second-order valence-electron chi connectivity index (χ2n) is 5.28. The molecule has 3 N–H and O–H groups in total. The van der Waals surface area contributed by atoms with E-state index >= 15 is 0 Å². The van der Waals surface area contributed by atoms with Gasteiger partial charge < -0.3 is 15.7 Å². The van der Waals surface area contributed by atoms with E-state index in [2.05, 4.69) is 10.6 Å². The molecule has 0 unspecified atom stereocenters. The normalized spacial score (nSPS) is 10.9. The summed E-state index contributed by atoms with van der Waals surface area (Å²) in [5.41, 5.74) is 0.165. The van der Waals surface area contributed by atoms with Crippen molar-refractivity contribution in [2.45, 2.75) is 40.0 Å². The van der Waals surface area contributed by atoms with Gasteiger partial charge in [0, 0.05) is 24.7 Å². The van der Waals surface area contributed by atoms with Gasteiger partial charge in [0.25, 0.3) is 0 Å². The maximum Gasteiger partial charge on any atom is 0.310 e. The third kappa shape index (κ3) is 4.58. The second-order valence-corrected chi connectivity index (χ2v) is 5.28. The average molecular weight is 306 g/mol. The van der Waals surface area contributed by atoms with E-state index in [1.807, 2.05) is 0 Å². The van der Waals surface area contributed by atoms with Gasteiger partial charge in [0.2, 0.25) is 11.8 Å². The zero-order chi connectivity index (χ0) is 16.8. The standard InChI is InChI=1S/C16H22N2O4/c1-4-16(5-2,15(21)22)10-14(20)18-13-8-6-12(7-9-13)17-11(3)19/h6-9H,4-5,10H2,1-3H3,(H,17,19)(H,18,20)(H,21,22). The number of carboxylic acid groups (broad SMARTS) is 1. The van der Waals surface area contributed by atoms with Crippen molar-refractivity contribution in [3.63, 3.8) is 0 Å². The van der Waals surface area contributed by atoms with Crippen LogP contribution in [0.2, 0.25) is 0 Å². The quantitative estimate of drug-likeness (QED) is 0.721. The second kappa shape index (κ2) is 7.59. The van der Waals surface area contributed by atoms with Gasteiger partial charge in [0.05, 0.1) is 5.41 Å². The summed E-state index contributed by atoms with van der Waals surface area (Å²) >= 11 is 0. The molecular formula is C16H22N2O4. The summed E-state index contributed by atoms with van der Waals surface area (Å²) in [4.78, 5) is 34.4. The van der Waals surface area contributed by atoms with Crippen LogP contribution in [0.25, 0.3) is 0 Å². The third-order valence-electron chi connectivity index (χ3n) is 3.80. The zero-order valence-corrected chi connectivity index (χ0v) is 13.1. The lowest BCUT2D eigenvalue weighted by Crippen LogP contribution is -2.34. The Balaban J connectivity index is 2.72. The molecule has 0 aromatic heterocycles. The molecule has 2 amide bonds. The van der Waals surface area contributed by atoms with Crippen LogP contribution in [0.3, 0.4) is 0 Å². The third-order valence-corrected chi connectivity index (χ3v) is 3.80. The maximum absolute atomic E-state index is 12.1. The van der Waals surface area contributed by atoms with Gasteiger partial charge in [0.15, 0.2) is 0 Å². The van der Waals surface area contributed by atoms with Gasteiger partial charge in [-0.3, -0.25) is 14.4 Å². The first-order valence-corrected chi connectivity index (χ1v) is 7.24. The number of carbonyl (C=O) groups excluding carboxylic acids is 2. The van der Waals surface area contributed by atoms with Crippen molar-refractivity contribution >= 4 is 29.2 Å². The Morgan fingerprint density at radius 3 is 1.82 bits per heavy atom. The van der Waals surface area contributed by atoms with Crippen LogP contribution in [0.1, 0.15) is 40.0 Å². The molecule has 1 rings (SSSR count). The number of hydrogen-bond donors (Lipinski definition) is 3. The van der Waals surface area contributed by atoms with Gasteiger partial charge in [0.1, 0.15) is 0 Å². The molecule has 0 aliphatic heterocycles. The average Bonchev–Trinajstić information content (AvgIpc) is 2.46. The van der Waals surface area contributed by atoms with E-state index < -0.39 is 11.4 Å².